The van der Waals surface area contributed by atoms with Crippen molar-refractivity contribution < 1.29 is 9.53 Å². The molecule has 140 valence electrons. The number of aryl methyl sites for hydroxylation is 1. The summed E-state index contributed by atoms with van der Waals surface area (Å²) in [5.41, 5.74) is 2.81. The Labute approximate surface area is 167 Å². The third-order valence-electron chi connectivity index (χ3n) is 3.90. The van der Waals surface area contributed by atoms with E-state index in [1.165, 1.54) is 12.4 Å². The number of ether oxygens (including phenoxy) is 1. The molecule has 1 heterocycles. The van der Waals surface area contributed by atoms with Gasteiger partial charge in [0.25, 0.3) is 5.91 Å². The third kappa shape index (κ3) is 4.37. The summed E-state index contributed by atoms with van der Waals surface area (Å²) in [5.74, 6) is 0.624. The van der Waals surface area contributed by atoms with Crippen molar-refractivity contribution in [1.29, 1.82) is 5.26 Å². The van der Waals surface area contributed by atoms with Crippen LogP contribution in [0.5, 0.6) is 5.75 Å². The van der Waals surface area contributed by atoms with E-state index in [9.17, 15) is 4.79 Å². The highest BCUT2D eigenvalue weighted by atomic mass is 35.5. The molecule has 0 aliphatic carbocycles. The van der Waals surface area contributed by atoms with E-state index in [0.717, 1.165) is 5.56 Å². The van der Waals surface area contributed by atoms with E-state index in [4.69, 9.17) is 21.6 Å². The summed E-state index contributed by atoms with van der Waals surface area (Å²) in [7, 11) is 1.55. The first-order chi connectivity index (χ1) is 13.5. The van der Waals surface area contributed by atoms with Crippen molar-refractivity contribution in [2.24, 2.45) is 0 Å². The van der Waals surface area contributed by atoms with Gasteiger partial charge in [0.05, 0.1) is 36.8 Å². The van der Waals surface area contributed by atoms with Crippen LogP contribution in [-0.4, -0.2) is 23.0 Å². The Bertz CT molecular complexity index is 1040. The van der Waals surface area contributed by atoms with Gasteiger partial charge in [0.1, 0.15) is 17.3 Å². The molecular weight excluding hydrogens is 378 g/mol. The number of nitrogens with zero attached hydrogens (tertiary/aromatic N) is 3. The molecule has 8 heteroatoms. The van der Waals surface area contributed by atoms with Gasteiger partial charge in [0.15, 0.2) is 0 Å². The minimum Gasteiger partial charge on any atom is -0.495 e. The number of aromatic nitrogens is 2. The van der Waals surface area contributed by atoms with E-state index in [1.807, 2.05) is 19.1 Å². The van der Waals surface area contributed by atoms with Gasteiger partial charge >= 0.3 is 0 Å². The molecule has 2 aromatic carbocycles. The predicted octanol–water partition coefficient (Wildman–Crippen LogP) is 4.31. The Hall–Kier alpha value is -3.63. The molecule has 1 amide bonds. The van der Waals surface area contributed by atoms with Crippen molar-refractivity contribution in [1.82, 2.24) is 9.97 Å². The number of anilines is 3. The van der Waals surface area contributed by atoms with Gasteiger partial charge in [-0.2, -0.15) is 5.26 Å². The van der Waals surface area contributed by atoms with Crippen molar-refractivity contribution in [3.63, 3.8) is 0 Å². The molecule has 0 aliphatic rings. The van der Waals surface area contributed by atoms with E-state index in [-0.39, 0.29) is 5.69 Å². The first kappa shape index (κ1) is 19.1. The van der Waals surface area contributed by atoms with Crippen LogP contribution in [0, 0.1) is 18.3 Å². The third-order valence-corrected chi connectivity index (χ3v) is 4.31. The quantitative estimate of drug-likeness (QED) is 0.669. The van der Waals surface area contributed by atoms with E-state index in [2.05, 4.69) is 20.6 Å². The summed E-state index contributed by atoms with van der Waals surface area (Å²) in [5, 5.41) is 15.2. The summed E-state index contributed by atoms with van der Waals surface area (Å²) < 4.78 is 5.32. The van der Waals surface area contributed by atoms with Gasteiger partial charge in [-0.05, 0) is 42.8 Å². The lowest BCUT2D eigenvalue weighted by Crippen LogP contribution is -2.14. The fourth-order valence-corrected chi connectivity index (χ4v) is 2.55. The highest BCUT2D eigenvalue weighted by Gasteiger charge is 2.11. The van der Waals surface area contributed by atoms with Crippen LogP contribution in [-0.2, 0) is 0 Å². The highest BCUT2D eigenvalue weighted by molar-refractivity contribution is 6.31. The normalized spacial score (nSPS) is 10.1. The zero-order chi connectivity index (χ0) is 20.1. The molecule has 0 atom stereocenters. The molecule has 3 rings (SSSR count). The Morgan fingerprint density at radius 2 is 1.93 bits per heavy atom. The SMILES string of the molecule is COc1cc(Cl)c(C)cc1Nc1cnc(C(=O)Nc2ccc(C#N)cc2)cn1. The predicted molar refractivity (Wildman–Crippen MR) is 107 cm³/mol. The lowest BCUT2D eigenvalue weighted by molar-refractivity contribution is 0.102. The topological polar surface area (TPSA) is 99.9 Å². The number of benzene rings is 2. The molecule has 0 aliphatic heterocycles. The fourth-order valence-electron chi connectivity index (χ4n) is 2.40. The summed E-state index contributed by atoms with van der Waals surface area (Å²) in [6.07, 6.45) is 2.83. The van der Waals surface area contributed by atoms with Crippen molar-refractivity contribution in [2.75, 3.05) is 17.7 Å². The van der Waals surface area contributed by atoms with Crippen LogP contribution in [0.2, 0.25) is 5.02 Å². The highest BCUT2D eigenvalue weighted by Crippen LogP contribution is 2.32. The number of methoxy groups -OCH3 is 1. The molecule has 7 nitrogen and oxygen atoms in total. The van der Waals surface area contributed by atoms with Crippen LogP contribution in [0.3, 0.4) is 0 Å². The standard InChI is InChI=1S/C20H16ClN5O2/c1-12-7-16(18(28-2)8-15(12)21)26-19-11-23-17(10-24-19)20(27)25-14-5-3-13(9-22)4-6-14/h3-8,10-11H,1-2H3,(H,24,26)(H,25,27). The average Bonchev–Trinajstić information content (AvgIpc) is 2.71. The van der Waals surface area contributed by atoms with E-state index >= 15 is 0 Å². The van der Waals surface area contributed by atoms with Gasteiger partial charge in [-0.1, -0.05) is 11.6 Å². The van der Waals surface area contributed by atoms with E-state index in [1.54, 1.807) is 37.4 Å². The molecule has 0 bridgehead atoms. The molecule has 0 radical (unpaired) electrons. The minimum atomic E-state index is -0.399. The molecule has 0 unspecified atom stereocenters. The molecule has 3 aromatic rings. The number of carbonyl (C=O) groups excluding carboxylic acids is 1. The van der Waals surface area contributed by atoms with E-state index in [0.29, 0.717) is 33.5 Å². The van der Waals surface area contributed by atoms with Crippen molar-refractivity contribution >= 4 is 34.7 Å². The van der Waals surface area contributed by atoms with Crippen LogP contribution in [0.1, 0.15) is 21.6 Å². The molecule has 1 aromatic heterocycles. The summed E-state index contributed by atoms with van der Waals surface area (Å²) in [6, 6.07) is 12.1. The molecule has 2 N–H and O–H groups in total. The first-order valence-electron chi connectivity index (χ1n) is 8.25. The summed E-state index contributed by atoms with van der Waals surface area (Å²) in [4.78, 5) is 20.7. The van der Waals surface area contributed by atoms with Gasteiger partial charge < -0.3 is 15.4 Å². The van der Waals surface area contributed by atoms with Crippen LogP contribution in [0.4, 0.5) is 17.2 Å². The lowest BCUT2D eigenvalue weighted by Gasteiger charge is -2.12. The number of carbonyl (C=O) groups is 1. The monoisotopic (exact) mass is 393 g/mol. The van der Waals surface area contributed by atoms with Crippen LogP contribution < -0.4 is 15.4 Å². The Kier molecular flexibility index (Phi) is 5.72. The summed E-state index contributed by atoms with van der Waals surface area (Å²) >= 11 is 6.11. The lowest BCUT2D eigenvalue weighted by atomic mass is 10.2. The zero-order valence-electron chi connectivity index (χ0n) is 15.2. The van der Waals surface area contributed by atoms with E-state index < -0.39 is 5.91 Å². The number of hydrogen-bond acceptors (Lipinski definition) is 6. The smallest absolute Gasteiger partial charge is 0.275 e. The van der Waals surface area contributed by atoms with Gasteiger partial charge in [-0.25, -0.2) is 9.97 Å². The van der Waals surface area contributed by atoms with Gasteiger partial charge in [-0.15, -0.1) is 0 Å². The van der Waals surface area contributed by atoms with Crippen molar-refractivity contribution in [2.45, 2.75) is 6.92 Å². The second-order valence-corrected chi connectivity index (χ2v) is 6.26. The maximum absolute atomic E-state index is 12.3. The fraction of sp³-hybridized carbons (Fsp3) is 0.100. The number of rotatable bonds is 5. The Morgan fingerprint density at radius 3 is 2.54 bits per heavy atom. The van der Waals surface area contributed by atoms with Gasteiger partial charge in [0.2, 0.25) is 0 Å². The molecular formula is C20H16ClN5O2. The van der Waals surface area contributed by atoms with Crippen LogP contribution in [0.25, 0.3) is 0 Å². The van der Waals surface area contributed by atoms with Gasteiger partial charge in [-0.3, -0.25) is 4.79 Å². The molecule has 0 saturated carbocycles. The molecule has 28 heavy (non-hydrogen) atoms. The average molecular weight is 394 g/mol. The van der Waals surface area contributed by atoms with Crippen molar-refractivity contribution in [3.8, 4) is 11.8 Å². The van der Waals surface area contributed by atoms with Crippen molar-refractivity contribution in [3.05, 3.63) is 70.6 Å². The largest absolute Gasteiger partial charge is 0.495 e. The van der Waals surface area contributed by atoms with Crippen LogP contribution >= 0.6 is 11.6 Å². The number of hydrogen-bond donors (Lipinski definition) is 2. The Morgan fingerprint density at radius 1 is 1.18 bits per heavy atom. The number of nitrogens with one attached hydrogen (secondary N) is 2. The number of halogens is 1. The molecule has 0 spiro atoms. The number of amides is 1. The second-order valence-electron chi connectivity index (χ2n) is 5.86. The second kappa shape index (κ2) is 8.37. The van der Waals surface area contributed by atoms with Crippen LogP contribution in [0.15, 0.2) is 48.8 Å². The van der Waals surface area contributed by atoms with Gasteiger partial charge in [0, 0.05) is 16.8 Å². The molecule has 0 fully saturated rings. The number of nitriles is 1. The zero-order valence-corrected chi connectivity index (χ0v) is 15.9. The summed E-state index contributed by atoms with van der Waals surface area (Å²) in [6.45, 7) is 1.88. The maximum Gasteiger partial charge on any atom is 0.275 e. The maximum atomic E-state index is 12.3. The first-order valence-corrected chi connectivity index (χ1v) is 8.62. The molecule has 0 saturated heterocycles. The Balaban J connectivity index is 1.72. The minimum absolute atomic E-state index is 0.161.